The summed E-state index contributed by atoms with van der Waals surface area (Å²) in [5.74, 6) is 1.26. The van der Waals surface area contributed by atoms with Crippen molar-refractivity contribution in [2.75, 3.05) is 52.3 Å². The van der Waals surface area contributed by atoms with Gasteiger partial charge in [0, 0.05) is 58.0 Å². The van der Waals surface area contributed by atoms with Crippen molar-refractivity contribution in [1.29, 1.82) is 0 Å². The number of benzene rings is 1. The Balaban J connectivity index is 1.27. The highest BCUT2D eigenvalue weighted by Crippen LogP contribution is 2.41. The second-order valence-corrected chi connectivity index (χ2v) is 11.0. The van der Waals surface area contributed by atoms with Crippen LogP contribution in [0.3, 0.4) is 0 Å². The van der Waals surface area contributed by atoms with E-state index < -0.39 is 5.60 Å². The number of amides is 2. The first-order valence-corrected chi connectivity index (χ1v) is 13.8. The molecule has 1 unspecified atom stereocenters. The number of hydrogen-bond donors (Lipinski definition) is 0. The third kappa shape index (κ3) is 6.05. The van der Waals surface area contributed by atoms with Crippen LogP contribution in [0, 0.1) is 5.92 Å². The van der Waals surface area contributed by atoms with Gasteiger partial charge < -0.3 is 19.4 Å². The normalized spacial score (nSPS) is 20.2. The van der Waals surface area contributed by atoms with E-state index in [1.54, 1.807) is 20.2 Å². The Hall–Kier alpha value is -2.35. The Labute approximate surface area is 229 Å². The Morgan fingerprint density at radius 3 is 2.46 bits per heavy atom. The Kier molecular flexibility index (Phi) is 8.98. The van der Waals surface area contributed by atoms with E-state index >= 15 is 0 Å². The predicted octanol–water partition coefficient (Wildman–Crippen LogP) is 5.25. The molecule has 0 radical (unpaired) electrons. The van der Waals surface area contributed by atoms with E-state index in [0.29, 0.717) is 36.1 Å². The zero-order valence-electron chi connectivity index (χ0n) is 21.9. The highest BCUT2D eigenvalue weighted by Gasteiger charge is 2.47. The third-order valence-corrected chi connectivity index (χ3v) is 8.16. The number of rotatable bonds is 8. The maximum atomic E-state index is 13.5. The van der Waals surface area contributed by atoms with E-state index in [2.05, 4.69) is 9.88 Å². The molecule has 37 heavy (non-hydrogen) atoms. The molecule has 2 aliphatic rings. The maximum Gasteiger partial charge on any atom is 0.259 e. The van der Waals surface area contributed by atoms with Gasteiger partial charge in [0.15, 0.2) is 5.60 Å². The van der Waals surface area contributed by atoms with Crippen molar-refractivity contribution in [3.63, 3.8) is 0 Å². The molecule has 0 spiro atoms. The molecule has 3 heterocycles. The lowest BCUT2D eigenvalue weighted by atomic mass is 9.88. The van der Waals surface area contributed by atoms with Gasteiger partial charge in [0.2, 0.25) is 0 Å². The van der Waals surface area contributed by atoms with Crippen LogP contribution < -0.4 is 4.90 Å². The molecule has 0 bridgehead atoms. The summed E-state index contributed by atoms with van der Waals surface area (Å²) in [6, 6.07) is 11.1. The quantitative estimate of drug-likeness (QED) is 0.423. The van der Waals surface area contributed by atoms with Crippen LogP contribution in [0.25, 0.3) is 0 Å². The summed E-state index contributed by atoms with van der Waals surface area (Å²) in [5.41, 5.74) is 0.217. The summed E-state index contributed by atoms with van der Waals surface area (Å²) in [7, 11) is 5.26. The highest BCUT2D eigenvalue weighted by molar-refractivity contribution is 6.32. The molecule has 2 fully saturated rings. The van der Waals surface area contributed by atoms with Crippen molar-refractivity contribution in [3.05, 3.63) is 57.7 Å². The molecule has 0 N–H and O–H groups in total. The first-order chi connectivity index (χ1) is 17.7. The number of carbonyl (C=O) groups is 2. The van der Waals surface area contributed by atoms with Crippen LogP contribution in [0.2, 0.25) is 10.2 Å². The van der Waals surface area contributed by atoms with Crippen molar-refractivity contribution in [1.82, 2.24) is 14.8 Å². The topological polar surface area (TPSA) is 66.0 Å². The number of likely N-dealkylation sites (N-methyl/N-ethyl adjacent to an activating group) is 1. The molecule has 2 saturated heterocycles. The molecule has 200 valence electrons. The molecule has 2 amide bonds. The van der Waals surface area contributed by atoms with E-state index in [1.807, 2.05) is 42.3 Å². The molecular formula is C28H36Cl2N4O3. The van der Waals surface area contributed by atoms with Gasteiger partial charge in [-0.15, -0.1) is 0 Å². The van der Waals surface area contributed by atoms with E-state index in [1.165, 1.54) is 4.90 Å². The smallest absolute Gasteiger partial charge is 0.259 e. The molecule has 2 aromatic rings. The largest absolute Gasteiger partial charge is 0.360 e. The van der Waals surface area contributed by atoms with Gasteiger partial charge >= 0.3 is 0 Å². The average molecular weight is 548 g/mol. The van der Waals surface area contributed by atoms with Crippen LogP contribution in [0.15, 0.2) is 36.4 Å². The third-order valence-electron chi connectivity index (χ3n) is 7.54. The fraction of sp³-hybridized carbons (Fsp3) is 0.536. The summed E-state index contributed by atoms with van der Waals surface area (Å²) in [5, 5.41) is 0.819. The second kappa shape index (κ2) is 12.0. The van der Waals surface area contributed by atoms with Gasteiger partial charge in [-0.25, -0.2) is 4.98 Å². The minimum Gasteiger partial charge on any atom is -0.360 e. The fourth-order valence-corrected chi connectivity index (χ4v) is 5.92. The van der Waals surface area contributed by atoms with E-state index in [9.17, 15) is 9.59 Å². The van der Waals surface area contributed by atoms with Crippen LogP contribution in [0.1, 0.15) is 54.4 Å². The van der Waals surface area contributed by atoms with Gasteiger partial charge in [-0.05, 0) is 62.6 Å². The zero-order valence-corrected chi connectivity index (χ0v) is 23.4. The number of nitrogens with zero attached hydrogens (tertiary/aromatic N) is 4. The fourth-order valence-electron chi connectivity index (χ4n) is 5.40. The number of ether oxygens (including phenoxy) is 1. The summed E-state index contributed by atoms with van der Waals surface area (Å²) < 4.78 is 6.06. The van der Waals surface area contributed by atoms with Crippen molar-refractivity contribution < 1.29 is 14.3 Å². The summed E-state index contributed by atoms with van der Waals surface area (Å²) in [6.07, 6.45) is 5.62. The van der Waals surface area contributed by atoms with Gasteiger partial charge in [0.05, 0.1) is 5.56 Å². The zero-order chi connectivity index (χ0) is 26.6. The van der Waals surface area contributed by atoms with E-state index in [0.717, 1.165) is 56.6 Å². The van der Waals surface area contributed by atoms with Gasteiger partial charge in [-0.1, -0.05) is 41.4 Å². The molecule has 1 atom stereocenters. The standard InChI is InChI=1S/C28H36Cl2N4O3/c1-32(2)26(35)21-11-12-24(31-25(21)30)34-17-13-20(14-18-34)8-6-16-33(3)27(36)28(15-7-19-37-28)22-9-4-5-10-23(22)29/h4-5,9-12,20H,6-8,13-19H2,1-3H3. The molecule has 0 aliphatic carbocycles. The van der Waals surface area contributed by atoms with Crippen LogP contribution in [-0.4, -0.2) is 74.0 Å². The van der Waals surface area contributed by atoms with Gasteiger partial charge in [0.1, 0.15) is 11.0 Å². The number of anilines is 1. The van der Waals surface area contributed by atoms with Crippen LogP contribution >= 0.6 is 23.2 Å². The van der Waals surface area contributed by atoms with Crippen molar-refractivity contribution >= 4 is 40.8 Å². The average Bonchev–Trinajstić information content (AvgIpc) is 3.39. The van der Waals surface area contributed by atoms with Crippen molar-refractivity contribution in [3.8, 4) is 0 Å². The van der Waals surface area contributed by atoms with Crippen LogP contribution in [-0.2, 0) is 15.1 Å². The molecule has 2 aliphatic heterocycles. The number of piperidine rings is 1. The first kappa shape index (κ1) is 27.7. The molecule has 1 aromatic heterocycles. The Morgan fingerprint density at radius 1 is 1.11 bits per heavy atom. The molecule has 1 aromatic carbocycles. The maximum absolute atomic E-state index is 13.5. The number of halogens is 2. The Morgan fingerprint density at radius 2 is 1.84 bits per heavy atom. The lowest BCUT2D eigenvalue weighted by molar-refractivity contribution is -0.153. The number of aromatic nitrogens is 1. The Bertz CT molecular complexity index is 1110. The highest BCUT2D eigenvalue weighted by atomic mass is 35.5. The monoisotopic (exact) mass is 546 g/mol. The summed E-state index contributed by atoms with van der Waals surface area (Å²) >= 11 is 12.8. The SMILES string of the molecule is CN(C)C(=O)c1ccc(N2CCC(CCCN(C)C(=O)C3(c4ccccc4Cl)CCCO3)CC2)nc1Cl. The van der Waals surface area contributed by atoms with Crippen molar-refractivity contribution in [2.45, 2.75) is 44.1 Å². The van der Waals surface area contributed by atoms with E-state index in [4.69, 9.17) is 27.9 Å². The van der Waals surface area contributed by atoms with Gasteiger partial charge in [-0.3, -0.25) is 9.59 Å². The minimum absolute atomic E-state index is 0.00734. The predicted molar refractivity (Wildman–Crippen MR) is 147 cm³/mol. The number of carbonyl (C=O) groups excluding carboxylic acids is 2. The van der Waals surface area contributed by atoms with Gasteiger partial charge in [-0.2, -0.15) is 0 Å². The van der Waals surface area contributed by atoms with Crippen LogP contribution in [0.5, 0.6) is 0 Å². The van der Waals surface area contributed by atoms with E-state index in [-0.39, 0.29) is 17.0 Å². The first-order valence-electron chi connectivity index (χ1n) is 13.0. The molecule has 9 heteroatoms. The van der Waals surface area contributed by atoms with Crippen LogP contribution in [0.4, 0.5) is 5.82 Å². The minimum atomic E-state index is -0.973. The lowest BCUT2D eigenvalue weighted by Crippen LogP contribution is -2.45. The number of hydrogen-bond acceptors (Lipinski definition) is 5. The van der Waals surface area contributed by atoms with Gasteiger partial charge in [0.25, 0.3) is 11.8 Å². The molecule has 0 saturated carbocycles. The number of pyridine rings is 1. The second-order valence-electron chi connectivity index (χ2n) is 10.3. The summed E-state index contributed by atoms with van der Waals surface area (Å²) in [6.45, 7) is 3.05. The molecule has 4 rings (SSSR count). The molecular weight excluding hydrogens is 511 g/mol. The van der Waals surface area contributed by atoms with Crippen molar-refractivity contribution in [2.24, 2.45) is 5.92 Å². The summed E-state index contributed by atoms with van der Waals surface area (Å²) in [4.78, 5) is 35.8. The molecule has 7 nitrogen and oxygen atoms in total. The lowest BCUT2D eigenvalue weighted by Gasteiger charge is -2.34.